The summed E-state index contributed by atoms with van der Waals surface area (Å²) in [5.74, 6) is -1.52. The van der Waals surface area contributed by atoms with Crippen molar-refractivity contribution in [3.8, 4) is 28.7 Å². The van der Waals surface area contributed by atoms with Crippen molar-refractivity contribution < 1.29 is 73.0 Å². The molecule has 0 bridgehead atoms. The van der Waals surface area contributed by atoms with Crippen molar-refractivity contribution >= 4 is 149 Å². The molecule has 10 aromatic carbocycles. The van der Waals surface area contributed by atoms with Gasteiger partial charge in [0.05, 0.1) is 43.5 Å². The van der Waals surface area contributed by atoms with Crippen LogP contribution in [0, 0.1) is 47.5 Å². The maximum atomic E-state index is 13.3. The second kappa shape index (κ2) is 44.4. The Morgan fingerprint density at radius 2 is 0.736 bits per heavy atom. The Balaban J connectivity index is 0.000000176. The molecule has 25 nitrogen and oxygen atoms in total. The van der Waals surface area contributed by atoms with Crippen LogP contribution < -0.4 is 49.1 Å². The average molecular weight is 1930 g/mol. The number of aromatic nitrogens is 3. The van der Waals surface area contributed by atoms with Gasteiger partial charge in [0.15, 0.2) is 0 Å². The van der Waals surface area contributed by atoms with E-state index < -0.39 is 71.0 Å². The lowest BCUT2D eigenvalue weighted by atomic mass is 10.1. The molecule has 0 radical (unpaired) electrons. The maximum absolute atomic E-state index is 13.3. The second-order valence-electron chi connectivity index (χ2n) is 31.3. The Morgan fingerprint density at radius 1 is 0.388 bits per heavy atom. The van der Waals surface area contributed by atoms with E-state index in [1.165, 1.54) is 0 Å². The zero-order valence-corrected chi connectivity index (χ0v) is 78.1. The van der Waals surface area contributed by atoms with Crippen molar-refractivity contribution in [1.82, 2.24) is 45.1 Å². The number of sulfonamides is 3. The number of hydrogen-bond donors (Lipinski definition) is 9. The number of hydrogen-bond acceptors (Lipinski definition) is 16. The van der Waals surface area contributed by atoms with Crippen LogP contribution in [0.5, 0.6) is 28.7 Å². The van der Waals surface area contributed by atoms with E-state index in [-0.39, 0.29) is 60.9 Å². The van der Waals surface area contributed by atoms with E-state index >= 15 is 0 Å². The number of halogens is 4. The lowest BCUT2D eigenvalue weighted by Gasteiger charge is -2.12. The SMILES string of the molecule is Cc1cc(OCCCc2c(C(=O)NS(=O)(=O)CCNC(=O)C3Cc4ccccc4C3)[nH]c3ccccc23)cc(C)c1Cl.Cc1cc(OCCCc2c(C(=O)NS(=O)(=O)CCNC(=O)Cc3ccc(Br)cc3)[nH]c3ccccc23)cc(C)c1Cl.Cc1cc(OCCCc2c(C(=O)NS(=O)(=O)CCNC(=O)c3cccc(Oc4ccccc4)c3)[nH]c3ccccc23)cc(C)c1Cl. The number of carbonyl (C=O) groups excluding carboxylic acids is 6. The number of rotatable bonds is 36. The van der Waals surface area contributed by atoms with E-state index in [2.05, 4.69) is 61.0 Å². The third-order valence-corrected chi connectivity index (χ3v) is 27.4. The van der Waals surface area contributed by atoms with Crippen LogP contribution in [0.1, 0.15) is 128 Å². The molecule has 3 heterocycles. The van der Waals surface area contributed by atoms with Crippen molar-refractivity contribution in [3.05, 3.63) is 321 Å². The highest BCUT2D eigenvalue weighted by Crippen LogP contribution is 2.34. The number of fused-ring (bicyclic) bond motifs is 4. The number of amides is 6. The lowest BCUT2D eigenvalue weighted by molar-refractivity contribution is -0.124. The number of nitrogens with one attached hydrogen (secondary N) is 9. The van der Waals surface area contributed by atoms with Gasteiger partial charge in [-0.15, -0.1) is 0 Å². The molecule has 1 aliphatic carbocycles. The molecular weight excluding hydrogens is 1830 g/mol. The van der Waals surface area contributed by atoms with Gasteiger partial charge in [-0.3, -0.25) is 28.8 Å². The predicted octanol–water partition coefficient (Wildman–Crippen LogP) is 17.4. The highest BCUT2D eigenvalue weighted by molar-refractivity contribution is 9.10. The minimum Gasteiger partial charge on any atom is -0.494 e. The Morgan fingerprint density at radius 3 is 1.13 bits per heavy atom. The molecule has 0 aliphatic heterocycles. The minimum absolute atomic E-state index is 0.0885. The van der Waals surface area contributed by atoms with Gasteiger partial charge in [-0.2, -0.15) is 0 Å². The van der Waals surface area contributed by atoms with Crippen molar-refractivity contribution in [2.24, 2.45) is 5.92 Å². The Kier molecular flexibility index (Phi) is 33.1. The molecule has 32 heteroatoms. The molecule has 0 fully saturated rings. The van der Waals surface area contributed by atoms with E-state index in [1.54, 1.807) is 36.4 Å². The normalized spacial score (nSPS) is 12.0. The fourth-order valence-electron chi connectivity index (χ4n) is 15.1. The highest BCUT2D eigenvalue weighted by atomic mass is 79.9. The van der Waals surface area contributed by atoms with Crippen molar-refractivity contribution in [1.29, 1.82) is 0 Å². The molecule has 0 unspecified atom stereocenters. The molecule has 3 aromatic heterocycles. The van der Waals surface area contributed by atoms with Gasteiger partial charge < -0.3 is 49.8 Å². The summed E-state index contributed by atoms with van der Waals surface area (Å²) in [7, 11) is -12.1. The van der Waals surface area contributed by atoms with Gasteiger partial charge in [0.1, 0.15) is 45.8 Å². The number of carbonyl (C=O) groups is 6. The van der Waals surface area contributed by atoms with Crippen LogP contribution in [0.4, 0.5) is 0 Å². The molecular formula is C97H99BrCl3N9O16S3. The van der Waals surface area contributed by atoms with E-state index in [0.29, 0.717) is 120 Å². The fraction of sp³-hybridized carbons (Fsp3) is 0.258. The van der Waals surface area contributed by atoms with Crippen molar-refractivity contribution in [2.45, 2.75) is 99.3 Å². The summed E-state index contributed by atoms with van der Waals surface area (Å²) in [6.45, 7) is 12.3. The minimum atomic E-state index is -4.08. The molecule has 0 saturated carbocycles. The average Bonchev–Trinajstić information content (AvgIpc) is 1.65. The number of benzene rings is 10. The first kappa shape index (κ1) is 96.1. The monoisotopic (exact) mass is 1930 g/mol. The quantitative estimate of drug-likeness (QED) is 0.0165. The highest BCUT2D eigenvalue weighted by Gasteiger charge is 2.30. The third kappa shape index (κ3) is 26.9. The number of aryl methyl sites for hydroxylation is 9. The van der Waals surface area contributed by atoms with Crippen LogP contribution in [-0.4, -0.2) is 132 Å². The summed E-state index contributed by atoms with van der Waals surface area (Å²) in [4.78, 5) is 86.3. The summed E-state index contributed by atoms with van der Waals surface area (Å²) in [5, 5.41) is 12.6. The van der Waals surface area contributed by atoms with Crippen LogP contribution in [0.25, 0.3) is 32.7 Å². The van der Waals surface area contributed by atoms with Crippen molar-refractivity contribution in [2.75, 3.05) is 56.7 Å². The van der Waals surface area contributed by atoms with Gasteiger partial charge in [0, 0.05) is 83.4 Å². The zero-order chi connectivity index (χ0) is 92.1. The van der Waals surface area contributed by atoms with E-state index in [1.807, 2.05) is 217 Å². The molecule has 0 saturated heterocycles. The van der Waals surface area contributed by atoms with E-state index in [0.717, 1.165) is 104 Å². The number of ether oxygens (including phenoxy) is 4. The largest absolute Gasteiger partial charge is 0.494 e. The smallest absolute Gasteiger partial charge is 0.281 e. The summed E-state index contributed by atoms with van der Waals surface area (Å²) >= 11 is 22.1. The first-order chi connectivity index (χ1) is 61.7. The molecule has 1 aliphatic rings. The molecule has 129 heavy (non-hydrogen) atoms. The Bertz CT molecular complexity index is 6550. The number of H-pyrrole nitrogens is 3. The Hall–Kier alpha value is -12.0. The van der Waals surface area contributed by atoms with Gasteiger partial charge in [0.25, 0.3) is 23.6 Å². The number of aromatic amines is 3. The van der Waals surface area contributed by atoms with Crippen LogP contribution in [0.15, 0.2) is 217 Å². The first-order valence-electron chi connectivity index (χ1n) is 41.8. The summed E-state index contributed by atoms with van der Waals surface area (Å²) < 4.78 is 108. The summed E-state index contributed by atoms with van der Waals surface area (Å²) in [6.07, 6.45) is 4.65. The zero-order valence-electron chi connectivity index (χ0n) is 71.8. The number of para-hydroxylation sites is 4. The van der Waals surface area contributed by atoms with Gasteiger partial charge in [0.2, 0.25) is 41.9 Å². The second-order valence-corrected chi connectivity index (χ2v) is 38.9. The molecule has 674 valence electrons. The third-order valence-electron chi connectivity index (χ3n) is 21.4. The molecule has 14 rings (SSSR count). The molecule has 9 N–H and O–H groups in total. The van der Waals surface area contributed by atoms with Crippen molar-refractivity contribution in [3.63, 3.8) is 0 Å². The van der Waals surface area contributed by atoms with Crippen LogP contribution in [0.3, 0.4) is 0 Å². The van der Waals surface area contributed by atoms with Crippen LogP contribution in [-0.2, 0) is 78.2 Å². The van der Waals surface area contributed by atoms with Crippen LogP contribution in [0.2, 0.25) is 15.1 Å². The Labute approximate surface area is 773 Å². The summed E-state index contributed by atoms with van der Waals surface area (Å²) in [6, 6.07) is 64.5. The van der Waals surface area contributed by atoms with Gasteiger partial charge in [-0.25, -0.2) is 39.4 Å². The van der Waals surface area contributed by atoms with Gasteiger partial charge in [-0.1, -0.05) is 166 Å². The fourth-order valence-corrected chi connectivity index (χ4v) is 18.2. The van der Waals surface area contributed by atoms with E-state index in [4.69, 9.17) is 53.8 Å². The van der Waals surface area contributed by atoms with Crippen LogP contribution >= 0.6 is 50.7 Å². The molecule has 0 atom stereocenters. The maximum Gasteiger partial charge on any atom is 0.281 e. The summed E-state index contributed by atoms with van der Waals surface area (Å²) in [5.41, 5.74) is 13.9. The lowest BCUT2D eigenvalue weighted by Crippen LogP contribution is -2.39. The van der Waals surface area contributed by atoms with Gasteiger partial charge >= 0.3 is 0 Å². The van der Waals surface area contributed by atoms with Gasteiger partial charge in [-0.05, 0) is 257 Å². The van der Waals surface area contributed by atoms with E-state index in [9.17, 15) is 54.0 Å². The molecule has 0 spiro atoms. The molecule has 6 amide bonds. The first-order valence-corrected chi connectivity index (χ1v) is 48.7. The topological polar surface area (TPSA) is 361 Å². The predicted molar refractivity (Wildman–Crippen MR) is 509 cm³/mol. The standard InChI is InChI=1S/C35H34ClN3O6S.C32H34ClN3O5S.C30H31BrClN3O5S/c1-23-20-28(21-24(2)32(23)36)44-18-9-15-30-29-14-6-7-16-31(29)38-33(30)35(41)39-46(42,43)19-17-37-34(40)25-10-8-13-27(22-25)45-26-11-4-3-5-12-26;1-20-16-25(17-21(2)29(20)33)41-14-7-11-27-26-10-5-6-12-28(26)35-30(27)32(38)36-42(39,40)15-13-34-31(37)24-18-22-8-3-4-9-23(22)19-24;1-19-16-23(17-20(2)28(19)32)40-14-5-7-25-24-6-3-4-8-26(24)34-29(25)30(37)35-41(38,39)15-13-33-27(36)18-21-9-11-22(31)12-10-21/h3-8,10-14,16,20-22,38H,9,15,17-19H2,1-2H3,(H,37,40)(H,39,41);3-6,8-10,12,16-17,24,35H,7,11,13-15,18-19H2,1-2H3,(H,34,37)(H,36,38);3-4,6,8-12,16-17,34H,5,7,13-15,18H2,1-2H3,(H,33,36)(H,35,37). The molecule has 13 aromatic rings.